The molecule has 0 saturated carbocycles. The van der Waals surface area contributed by atoms with Crippen LogP contribution in [0.3, 0.4) is 0 Å². The maximum atomic E-state index is 13.5. The fourth-order valence-electron chi connectivity index (χ4n) is 6.30. The van der Waals surface area contributed by atoms with Gasteiger partial charge in [-0.25, -0.2) is 8.42 Å². The highest BCUT2D eigenvalue weighted by molar-refractivity contribution is 7.91. The van der Waals surface area contributed by atoms with Gasteiger partial charge in [0.05, 0.1) is 41.7 Å². The van der Waals surface area contributed by atoms with Crippen LogP contribution in [0.5, 0.6) is 0 Å². The Bertz CT molecular complexity index is 1310. The Balaban J connectivity index is 1.65. The third kappa shape index (κ3) is 7.05. The lowest BCUT2D eigenvalue weighted by molar-refractivity contribution is -0.0428. The standard InChI is InChI=1S/C33H44O7SSi/c1-33(2,3)42(27-16-10-6-11-17-27,28-18-12-7-13-19-28)39-21-20-30-29(24-41(36,37)26-14-8-5-9-15-26)32(38-4)31(40-30)22-25(35)23-34/h5-19,25,29-32,34-35H,20-24H2,1-4H3/t25-,29-,30-,31+,32+/m0/s1. The van der Waals surface area contributed by atoms with Crippen LogP contribution in [0.2, 0.25) is 5.04 Å². The van der Waals surface area contributed by atoms with Gasteiger partial charge in [0.1, 0.15) is 0 Å². The highest BCUT2D eigenvalue weighted by Crippen LogP contribution is 2.39. The summed E-state index contributed by atoms with van der Waals surface area (Å²) in [4.78, 5) is 0.251. The molecule has 1 fully saturated rings. The van der Waals surface area contributed by atoms with Gasteiger partial charge in [0.15, 0.2) is 9.84 Å². The van der Waals surface area contributed by atoms with Gasteiger partial charge < -0.3 is 24.1 Å². The second-order valence-corrected chi connectivity index (χ2v) is 18.4. The van der Waals surface area contributed by atoms with Crippen molar-refractivity contribution in [3.8, 4) is 0 Å². The summed E-state index contributed by atoms with van der Waals surface area (Å²) in [6, 6.07) is 29.1. The van der Waals surface area contributed by atoms with Crippen molar-refractivity contribution in [3.63, 3.8) is 0 Å². The van der Waals surface area contributed by atoms with Crippen molar-refractivity contribution in [3.05, 3.63) is 91.0 Å². The van der Waals surface area contributed by atoms with E-state index in [2.05, 4.69) is 45.0 Å². The van der Waals surface area contributed by atoms with E-state index in [1.54, 1.807) is 30.3 Å². The van der Waals surface area contributed by atoms with Gasteiger partial charge >= 0.3 is 0 Å². The molecule has 3 aromatic rings. The summed E-state index contributed by atoms with van der Waals surface area (Å²) in [5, 5.41) is 21.8. The predicted molar refractivity (Wildman–Crippen MR) is 167 cm³/mol. The molecule has 0 radical (unpaired) electrons. The third-order valence-corrected chi connectivity index (χ3v) is 15.1. The SMILES string of the molecule is CO[C@@H]1[C@@H](CS(=O)(=O)c2ccccc2)[C@H](CCO[Si](c2ccccc2)(c2ccccc2)C(C)(C)C)O[C@@H]1C[C@H](O)CO. The number of ether oxygens (including phenoxy) is 2. The number of aliphatic hydroxyl groups excluding tert-OH is 2. The van der Waals surface area contributed by atoms with E-state index < -0.39 is 55.1 Å². The van der Waals surface area contributed by atoms with Crippen LogP contribution in [0.1, 0.15) is 33.6 Å². The number of sulfone groups is 1. The molecule has 7 nitrogen and oxygen atoms in total. The predicted octanol–water partition coefficient (Wildman–Crippen LogP) is 3.57. The molecule has 0 spiro atoms. The number of benzene rings is 3. The largest absolute Gasteiger partial charge is 0.407 e. The normalized spacial score (nSPS) is 22.2. The summed E-state index contributed by atoms with van der Waals surface area (Å²) in [5.41, 5.74) is 0. The van der Waals surface area contributed by atoms with Crippen LogP contribution in [0.15, 0.2) is 95.9 Å². The van der Waals surface area contributed by atoms with Crippen molar-refractivity contribution in [2.45, 2.75) is 68.0 Å². The highest BCUT2D eigenvalue weighted by Gasteiger charge is 2.51. The van der Waals surface area contributed by atoms with Gasteiger partial charge in [-0.3, -0.25) is 0 Å². The summed E-state index contributed by atoms with van der Waals surface area (Å²) in [6.45, 7) is 6.59. The van der Waals surface area contributed by atoms with Gasteiger partial charge in [0.25, 0.3) is 8.32 Å². The third-order valence-electron chi connectivity index (χ3n) is 8.25. The van der Waals surface area contributed by atoms with Crippen molar-refractivity contribution >= 4 is 28.5 Å². The van der Waals surface area contributed by atoms with Gasteiger partial charge in [0.2, 0.25) is 0 Å². The minimum atomic E-state index is -3.64. The molecule has 5 atom stereocenters. The molecule has 4 rings (SSSR count). The van der Waals surface area contributed by atoms with Gasteiger partial charge in [-0.15, -0.1) is 0 Å². The van der Waals surface area contributed by atoms with Crippen LogP contribution in [-0.2, 0) is 23.7 Å². The van der Waals surface area contributed by atoms with Crippen molar-refractivity contribution < 1.29 is 32.5 Å². The molecule has 1 aliphatic rings. The van der Waals surface area contributed by atoms with Gasteiger partial charge in [-0.05, 0) is 34.0 Å². The molecular formula is C33H44O7SSi. The Morgan fingerprint density at radius 3 is 1.88 bits per heavy atom. The number of hydrogen-bond donors (Lipinski definition) is 2. The topological polar surface area (TPSA) is 102 Å². The van der Waals surface area contributed by atoms with E-state index in [0.717, 1.165) is 10.4 Å². The lowest BCUT2D eigenvalue weighted by Gasteiger charge is -2.43. The Kier molecular flexibility index (Phi) is 10.8. The van der Waals surface area contributed by atoms with Gasteiger partial charge in [-0.2, -0.15) is 0 Å². The second-order valence-electron chi connectivity index (χ2n) is 12.0. The van der Waals surface area contributed by atoms with E-state index in [4.69, 9.17) is 13.9 Å². The van der Waals surface area contributed by atoms with E-state index in [9.17, 15) is 18.6 Å². The first kappa shape index (κ1) is 32.5. The molecule has 2 N–H and O–H groups in total. The molecule has 228 valence electrons. The minimum Gasteiger partial charge on any atom is -0.407 e. The molecular weight excluding hydrogens is 569 g/mol. The molecule has 1 aliphatic heterocycles. The average molecular weight is 613 g/mol. The maximum Gasteiger partial charge on any atom is 0.261 e. The van der Waals surface area contributed by atoms with Crippen LogP contribution >= 0.6 is 0 Å². The van der Waals surface area contributed by atoms with Crippen molar-refractivity contribution in [2.75, 3.05) is 26.1 Å². The molecule has 42 heavy (non-hydrogen) atoms. The zero-order valence-corrected chi connectivity index (χ0v) is 26.7. The molecule has 0 aliphatic carbocycles. The maximum absolute atomic E-state index is 13.5. The van der Waals surface area contributed by atoms with Gasteiger partial charge in [-0.1, -0.05) is 99.6 Å². The monoisotopic (exact) mass is 612 g/mol. The van der Waals surface area contributed by atoms with E-state index >= 15 is 0 Å². The molecule has 9 heteroatoms. The van der Waals surface area contributed by atoms with Crippen molar-refractivity contribution in [2.24, 2.45) is 5.92 Å². The second kappa shape index (κ2) is 13.9. The van der Waals surface area contributed by atoms with Crippen molar-refractivity contribution in [1.29, 1.82) is 0 Å². The van der Waals surface area contributed by atoms with E-state index in [1.807, 2.05) is 36.4 Å². The van der Waals surface area contributed by atoms with E-state index in [0.29, 0.717) is 13.0 Å². The van der Waals surface area contributed by atoms with Crippen molar-refractivity contribution in [1.82, 2.24) is 0 Å². The minimum absolute atomic E-state index is 0.142. The van der Waals surface area contributed by atoms with Crippen LogP contribution in [0.4, 0.5) is 0 Å². The molecule has 1 saturated heterocycles. The lowest BCUT2D eigenvalue weighted by atomic mass is 9.94. The van der Waals surface area contributed by atoms with E-state index in [1.165, 1.54) is 7.11 Å². The first-order valence-electron chi connectivity index (χ1n) is 14.5. The van der Waals surface area contributed by atoms with Crippen LogP contribution in [-0.4, -0.2) is 77.4 Å². The summed E-state index contributed by atoms with van der Waals surface area (Å²) in [7, 11) is -4.90. The van der Waals surface area contributed by atoms with Crippen LogP contribution < -0.4 is 10.4 Å². The number of methoxy groups -OCH3 is 1. The molecule has 0 unspecified atom stereocenters. The number of rotatable bonds is 13. The number of hydrogen-bond acceptors (Lipinski definition) is 7. The summed E-state index contributed by atoms with van der Waals surface area (Å²) < 4.78 is 46.3. The Hall–Kier alpha value is -2.37. The molecule has 0 amide bonds. The Labute approximate surface area is 251 Å². The van der Waals surface area contributed by atoms with E-state index in [-0.39, 0.29) is 22.1 Å². The first-order chi connectivity index (χ1) is 20.0. The van der Waals surface area contributed by atoms with Gasteiger partial charge in [0, 0.05) is 26.1 Å². The lowest BCUT2D eigenvalue weighted by Crippen LogP contribution is -2.66. The summed E-state index contributed by atoms with van der Waals surface area (Å²) >= 11 is 0. The molecule has 0 bridgehead atoms. The number of aliphatic hydroxyl groups is 2. The quantitative estimate of drug-likeness (QED) is 0.285. The average Bonchev–Trinajstić information content (AvgIpc) is 3.30. The van der Waals surface area contributed by atoms with Crippen LogP contribution in [0, 0.1) is 5.92 Å². The Morgan fingerprint density at radius 1 is 0.881 bits per heavy atom. The zero-order valence-electron chi connectivity index (χ0n) is 24.9. The molecule has 1 heterocycles. The smallest absolute Gasteiger partial charge is 0.261 e. The molecule has 0 aromatic heterocycles. The fourth-order valence-corrected chi connectivity index (χ4v) is 12.6. The zero-order chi connectivity index (χ0) is 30.4. The Morgan fingerprint density at radius 2 is 1.40 bits per heavy atom. The molecule has 3 aromatic carbocycles. The van der Waals surface area contributed by atoms with Crippen LogP contribution in [0.25, 0.3) is 0 Å². The summed E-state index contributed by atoms with van der Waals surface area (Å²) in [6.07, 6.45) is -2.02. The fraction of sp³-hybridized carbons (Fsp3) is 0.455. The first-order valence-corrected chi connectivity index (χ1v) is 18.1. The highest BCUT2D eigenvalue weighted by atomic mass is 32.2. The summed E-state index contributed by atoms with van der Waals surface area (Å²) in [5.74, 6) is -0.649.